The standard InChI is InChI=1S/C14H21ClN2S/c1-11(12-4-3-5-13(15)8-12)17(2)14(9-16)6-7-18-10-14/h3-5,8,11H,6-7,9-10,16H2,1-2H3. The van der Waals surface area contributed by atoms with Gasteiger partial charge in [0.25, 0.3) is 0 Å². The van der Waals surface area contributed by atoms with Gasteiger partial charge in [0.15, 0.2) is 0 Å². The van der Waals surface area contributed by atoms with Crippen LogP contribution in [0.3, 0.4) is 0 Å². The third kappa shape index (κ3) is 2.69. The van der Waals surface area contributed by atoms with E-state index in [2.05, 4.69) is 31.0 Å². The van der Waals surface area contributed by atoms with Crippen LogP contribution in [0.2, 0.25) is 5.02 Å². The monoisotopic (exact) mass is 284 g/mol. The summed E-state index contributed by atoms with van der Waals surface area (Å²) in [6.45, 7) is 2.95. The largest absolute Gasteiger partial charge is 0.329 e. The summed E-state index contributed by atoms with van der Waals surface area (Å²) in [5, 5.41) is 0.801. The molecule has 0 radical (unpaired) electrons. The lowest BCUT2D eigenvalue weighted by Gasteiger charge is -2.41. The Morgan fingerprint density at radius 1 is 1.56 bits per heavy atom. The SMILES string of the molecule is CC(c1cccc(Cl)c1)N(C)C1(CN)CCSC1. The molecule has 1 aromatic carbocycles. The average Bonchev–Trinajstić information content (AvgIpc) is 2.87. The van der Waals surface area contributed by atoms with Gasteiger partial charge in [0.1, 0.15) is 0 Å². The van der Waals surface area contributed by atoms with Gasteiger partial charge >= 0.3 is 0 Å². The number of rotatable bonds is 4. The van der Waals surface area contributed by atoms with Crippen molar-refractivity contribution in [1.82, 2.24) is 4.90 Å². The van der Waals surface area contributed by atoms with Crippen molar-refractivity contribution in [1.29, 1.82) is 0 Å². The Kier molecular flexibility index (Phi) is 4.59. The first kappa shape index (κ1) is 14.2. The molecule has 18 heavy (non-hydrogen) atoms. The van der Waals surface area contributed by atoms with E-state index in [-0.39, 0.29) is 5.54 Å². The fourth-order valence-electron chi connectivity index (χ4n) is 2.58. The Morgan fingerprint density at radius 2 is 2.33 bits per heavy atom. The molecule has 2 N–H and O–H groups in total. The van der Waals surface area contributed by atoms with Crippen molar-refractivity contribution in [2.24, 2.45) is 5.73 Å². The van der Waals surface area contributed by atoms with Gasteiger partial charge in [-0.25, -0.2) is 0 Å². The fourth-order valence-corrected chi connectivity index (χ4v) is 4.29. The third-order valence-corrected chi connectivity index (χ3v) is 5.59. The highest BCUT2D eigenvalue weighted by Gasteiger charge is 2.39. The number of benzene rings is 1. The van der Waals surface area contributed by atoms with Gasteiger partial charge in [0.2, 0.25) is 0 Å². The summed E-state index contributed by atoms with van der Waals surface area (Å²) in [6, 6.07) is 8.46. The van der Waals surface area contributed by atoms with E-state index in [1.54, 1.807) is 0 Å². The normalized spacial score (nSPS) is 25.6. The Balaban J connectivity index is 2.20. The third-order valence-electron chi connectivity index (χ3n) is 4.12. The summed E-state index contributed by atoms with van der Waals surface area (Å²) >= 11 is 8.08. The van der Waals surface area contributed by atoms with Crippen LogP contribution in [0.5, 0.6) is 0 Å². The lowest BCUT2D eigenvalue weighted by Crippen LogP contribution is -2.53. The quantitative estimate of drug-likeness (QED) is 0.921. The molecule has 2 rings (SSSR count). The molecule has 2 nitrogen and oxygen atoms in total. The van der Waals surface area contributed by atoms with E-state index in [9.17, 15) is 0 Å². The first-order chi connectivity index (χ1) is 8.59. The molecule has 0 amide bonds. The molecule has 1 aliphatic heterocycles. The van der Waals surface area contributed by atoms with E-state index in [1.807, 2.05) is 23.9 Å². The minimum Gasteiger partial charge on any atom is -0.329 e. The Hall–Kier alpha value is -0.220. The first-order valence-electron chi connectivity index (χ1n) is 6.35. The summed E-state index contributed by atoms with van der Waals surface area (Å²) in [6.07, 6.45) is 1.18. The van der Waals surface area contributed by atoms with Crippen LogP contribution in [-0.2, 0) is 0 Å². The van der Waals surface area contributed by atoms with Crippen molar-refractivity contribution in [3.63, 3.8) is 0 Å². The molecule has 2 atom stereocenters. The topological polar surface area (TPSA) is 29.3 Å². The highest BCUT2D eigenvalue weighted by molar-refractivity contribution is 7.99. The van der Waals surface area contributed by atoms with E-state index >= 15 is 0 Å². The molecule has 1 aliphatic rings. The summed E-state index contributed by atoms with van der Waals surface area (Å²) in [5.74, 6) is 2.34. The van der Waals surface area contributed by atoms with Crippen LogP contribution < -0.4 is 5.73 Å². The molecule has 4 heteroatoms. The second-order valence-corrected chi connectivity index (χ2v) is 6.61. The van der Waals surface area contributed by atoms with Crippen LogP contribution in [-0.4, -0.2) is 35.5 Å². The predicted octanol–water partition coefficient (Wildman–Crippen LogP) is 3.17. The summed E-state index contributed by atoms with van der Waals surface area (Å²) < 4.78 is 0. The van der Waals surface area contributed by atoms with Crippen LogP contribution in [0.4, 0.5) is 0 Å². The number of nitrogens with two attached hydrogens (primary N) is 1. The predicted molar refractivity (Wildman–Crippen MR) is 81.4 cm³/mol. The number of thioether (sulfide) groups is 1. The number of halogens is 1. The van der Waals surface area contributed by atoms with E-state index in [4.69, 9.17) is 17.3 Å². The van der Waals surface area contributed by atoms with Crippen molar-refractivity contribution in [2.45, 2.75) is 24.9 Å². The second-order valence-electron chi connectivity index (χ2n) is 5.07. The maximum absolute atomic E-state index is 6.07. The number of nitrogens with zero attached hydrogens (tertiary/aromatic N) is 1. The van der Waals surface area contributed by atoms with Gasteiger partial charge in [-0.3, -0.25) is 4.90 Å². The van der Waals surface area contributed by atoms with Gasteiger partial charge < -0.3 is 5.73 Å². The van der Waals surface area contributed by atoms with Gasteiger partial charge in [-0.05, 0) is 43.8 Å². The second kappa shape index (κ2) is 5.83. The molecular formula is C14H21ClN2S. The number of likely N-dealkylation sites (N-methyl/N-ethyl adjacent to an activating group) is 1. The first-order valence-corrected chi connectivity index (χ1v) is 7.88. The molecule has 0 bridgehead atoms. The average molecular weight is 285 g/mol. The van der Waals surface area contributed by atoms with E-state index in [0.717, 1.165) is 17.3 Å². The van der Waals surface area contributed by atoms with E-state index in [0.29, 0.717) is 6.04 Å². The molecule has 1 saturated heterocycles. The van der Waals surface area contributed by atoms with Gasteiger partial charge in [0, 0.05) is 28.9 Å². The molecule has 100 valence electrons. The smallest absolute Gasteiger partial charge is 0.0432 e. The lowest BCUT2D eigenvalue weighted by atomic mass is 9.93. The zero-order chi connectivity index (χ0) is 13.2. The molecular weight excluding hydrogens is 264 g/mol. The molecule has 0 spiro atoms. The molecule has 0 aromatic heterocycles. The molecule has 1 fully saturated rings. The van der Waals surface area contributed by atoms with Crippen LogP contribution in [0.15, 0.2) is 24.3 Å². The van der Waals surface area contributed by atoms with Gasteiger partial charge in [-0.2, -0.15) is 11.8 Å². The van der Waals surface area contributed by atoms with Crippen molar-refractivity contribution < 1.29 is 0 Å². The zero-order valence-corrected chi connectivity index (χ0v) is 12.6. The van der Waals surface area contributed by atoms with Crippen molar-refractivity contribution >= 4 is 23.4 Å². The zero-order valence-electron chi connectivity index (χ0n) is 11.0. The Bertz CT molecular complexity index is 405. The highest BCUT2D eigenvalue weighted by Crippen LogP contribution is 2.37. The number of hydrogen-bond donors (Lipinski definition) is 1. The lowest BCUT2D eigenvalue weighted by molar-refractivity contribution is 0.107. The van der Waals surface area contributed by atoms with Crippen molar-refractivity contribution in [3.8, 4) is 0 Å². The van der Waals surface area contributed by atoms with Crippen LogP contribution in [0.25, 0.3) is 0 Å². The highest BCUT2D eigenvalue weighted by atomic mass is 35.5. The Labute approximate surface area is 119 Å². The minimum absolute atomic E-state index is 0.145. The van der Waals surface area contributed by atoms with E-state index in [1.165, 1.54) is 17.7 Å². The molecule has 1 heterocycles. The maximum atomic E-state index is 6.07. The minimum atomic E-state index is 0.145. The molecule has 1 aromatic rings. The van der Waals surface area contributed by atoms with Crippen molar-refractivity contribution in [3.05, 3.63) is 34.9 Å². The van der Waals surface area contributed by atoms with Gasteiger partial charge in [0.05, 0.1) is 0 Å². The van der Waals surface area contributed by atoms with Crippen LogP contribution in [0.1, 0.15) is 24.9 Å². The number of hydrogen-bond acceptors (Lipinski definition) is 3. The summed E-state index contributed by atoms with van der Waals surface area (Å²) in [5.41, 5.74) is 7.44. The summed E-state index contributed by atoms with van der Waals surface area (Å²) in [7, 11) is 2.18. The van der Waals surface area contributed by atoms with Crippen LogP contribution >= 0.6 is 23.4 Å². The molecule has 0 saturated carbocycles. The Morgan fingerprint density at radius 3 is 2.89 bits per heavy atom. The van der Waals surface area contributed by atoms with Crippen LogP contribution in [0, 0.1) is 0 Å². The van der Waals surface area contributed by atoms with E-state index < -0.39 is 0 Å². The molecule has 2 unspecified atom stereocenters. The summed E-state index contributed by atoms with van der Waals surface area (Å²) in [4.78, 5) is 2.43. The van der Waals surface area contributed by atoms with Gasteiger partial charge in [-0.15, -0.1) is 0 Å². The fraction of sp³-hybridized carbons (Fsp3) is 0.571. The van der Waals surface area contributed by atoms with Gasteiger partial charge in [-0.1, -0.05) is 23.7 Å². The van der Waals surface area contributed by atoms with Crippen molar-refractivity contribution in [2.75, 3.05) is 25.1 Å². The maximum Gasteiger partial charge on any atom is 0.0432 e. The molecule has 0 aliphatic carbocycles.